The molecule has 0 aliphatic carbocycles. The average molecular weight is 484 g/mol. The summed E-state index contributed by atoms with van der Waals surface area (Å²) >= 11 is 1.29. The SMILES string of the molecule is CCOc1ccc(-n2c(SCC(=O)N/N=C/C=C/c3ccccc3)nnc2-c2ccccc2)cc1. The zero-order valence-electron chi connectivity index (χ0n) is 19.2. The predicted molar refractivity (Wildman–Crippen MR) is 141 cm³/mol. The first-order chi connectivity index (χ1) is 17.2. The molecule has 0 aliphatic heterocycles. The number of carbonyl (C=O) groups is 1. The van der Waals surface area contributed by atoms with Gasteiger partial charge in [0.2, 0.25) is 0 Å². The quantitative estimate of drug-likeness (QED) is 0.190. The number of benzene rings is 3. The van der Waals surface area contributed by atoms with E-state index in [1.54, 1.807) is 12.3 Å². The maximum atomic E-state index is 12.3. The highest BCUT2D eigenvalue weighted by Gasteiger charge is 2.17. The summed E-state index contributed by atoms with van der Waals surface area (Å²) < 4.78 is 7.50. The molecule has 0 aliphatic rings. The van der Waals surface area contributed by atoms with E-state index in [1.807, 2.05) is 102 Å². The van der Waals surface area contributed by atoms with Crippen LogP contribution in [0, 0.1) is 0 Å². The van der Waals surface area contributed by atoms with E-state index in [0.29, 0.717) is 17.6 Å². The molecule has 4 rings (SSSR count). The van der Waals surface area contributed by atoms with E-state index >= 15 is 0 Å². The van der Waals surface area contributed by atoms with Gasteiger partial charge in [-0.2, -0.15) is 5.10 Å². The van der Waals surface area contributed by atoms with Gasteiger partial charge in [0.25, 0.3) is 5.91 Å². The lowest BCUT2D eigenvalue weighted by Crippen LogP contribution is -2.19. The van der Waals surface area contributed by atoms with Crippen molar-refractivity contribution in [3.63, 3.8) is 0 Å². The van der Waals surface area contributed by atoms with Crippen molar-refractivity contribution < 1.29 is 9.53 Å². The van der Waals surface area contributed by atoms with Gasteiger partial charge in [-0.05, 0) is 42.8 Å². The first kappa shape index (κ1) is 24.0. The third-order valence-corrected chi connectivity index (χ3v) is 5.77. The standard InChI is InChI=1S/C27H25N5O2S/c1-2-34-24-17-15-23(16-18-24)32-26(22-13-7-4-8-14-22)30-31-27(32)35-20-25(33)29-28-19-9-12-21-10-5-3-6-11-21/h3-19H,2,20H2,1H3,(H,29,33)/b12-9+,28-19+. The summed E-state index contributed by atoms with van der Waals surface area (Å²) in [5.41, 5.74) is 5.41. The molecule has 176 valence electrons. The fourth-order valence-electron chi connectivity index (χ4n) is 3.26. The lowest BCUT2D eigenvalue weighted by molar-refractivity contribution is -0.118. The molecule has 3 aromatic carbocycles. The van der Waals surface area contributed by atoms with Gasteiger partial charge < -0.3 is 4.74 Å². The Balaban J connectivity index is 1.45. The highest BCUT2D eigenvalue weighted by molar-refractivity contribution is 7.99. The molecule has 4 aromatic rings. The number of hydrazone groups is 1. The molecule has 1 heterocycles. The van der Waals surface area contributed by atoms with Crippen molar-refractivity contribution in [1.29, 1.82) is 0 Å². The molecule has 0 bridgehead atoms. The third-order valence-electron chi connectivity index (χ3n) is 4.84. The summed E-state index contributed by atoms with van der Waals surface area (Å²) in [6.07, 6.45) is 5.23. The first-order valence-corrected chi connectivity index (χ1v) is 12.1. The summed E-state index contributed by atoms with van der Waals surface area (Å²) in [5.74, 6) is 1.39. The predicted octanol–water partition coefficient (Wildman–Crippen LogP) is 5.24. The lowest BCUT2D eigenvalue weighted by atomic mass is 10.2. The highest BCUT2D eigenvalue weighted by atomic mass is 32.2. The Hall–Kier alpha value is -4.17. The fourth-order valence-corrected chi connectivity index (χ4v) is 4.01. The molecule has 0 spiro atoms. The molecule has 0 unspecified atom stereocenters. The number of allylic oxidation sites excluding steroid dienone is 1. The minimum absolute atomic E-state index is 0.143. The molecular weight excluding hydrogens is 458 g/mol. The summed E-state index contributed by atoms with van der Waals surface area (Å²) in [6.45, 7) is 2.55. The zero-order valence-corrected chi connectivity index (χ0v) is 20.1. The van der Waals surface area contributed by atoms with Crippen LogP contribution in [0.25, 0.3) is 23.2 Å². The van der Waals surface area contributed by atoms with Gasteiger partial charge in [0.1, 0.15) is 5.75 Å². The van der Waals surface area contributed by atoms with E-state index < -0.39 is 0 Å². The maximum Gasteiger partial charge on any atom is 0.250 e. The van der Waals surface area contributed by atoms with Crippen molar-refractivity contribution in [2.24, 2.45) is 5.10 Å². The number of ether oxygens (including phenoxy) is 1. The van der Waals surface area contributed by atoms with Crippen LogP contribution in [0.5, 0.6) is 5.75 Å². The molecule has 8 heteroatoms. The van der Waals surface area contributed by atoms with Crippen LogP contribution in [0.3, 0.4) is 0 Å². The zero-order chi connectivity index (χ0) is 24.3. The van der Waals surface area contributed by atoms with Crippen molar-refractivity contribution in [3.8, 4) is 22.8 Å². The molecule has 0 fully saturated rings. The molecular formula is C27H25N5O2S. The van der Waals surface area contributed by atoms with Crippen LogP contribution in [0.4, 0.5) is 0 Å². The number of nitrogens with one attached hydrogen (secondary N) is 1. The topological polar surface area (TPSA) is 81.4 Å². The van der Waals surface area contributed by atoms with Crippen LogP contribution in [-0.2, 0) is 4.79 Å². The Labute approximate surface area is 208 Å². The highest BCUT2D eigenvalue weighted by Crippen LogP contribution is 2.28. The van der Waals surface area contributed by atoms with Gasteiger partial charge in [-0.3, -0.25) is 9.36 Å². The molecule has 35 heavy (non-hydrogen) atoms. The van der Waals surface area contributed by atoms with E-state index in [-0.39, 0.29) is 11.7 Å². The van der Waals surface area contributed by atoms with Crippen LogP contribution < -0.4 is 10.2 Å². The number of amides is 1. The molecule has 7 nitrogen and oxygen atoms in total. The summed E-state index contributed by atoms with van der Waals surface area (Å²) in [5, 5.41) is 13.3. The molecule has 1 aromatic heterocycles. The summed E-state index contributed by atoms with van der Waals surface area (Å²) in [4.78, 5) is 12.3. The molecule has 1 N–H and O–H groups in total. The number of hydrogen-bond donors (Lipinski definition) is 1. The Bertz CT molecular complexity index is 1290. The monoisotopic (exact) mass is 483 g/mol. The van der Waals surface area contributed by atoms with E-state index in [4.69, 9.17) is 4.74 Å². The maximum absolute atomic E-state index is 12.3. The van der Waals surface area contributed by atoms with Crippen molar-refractivity contribution in [1.82, 2.24) is 20.2 Å². The van der Waals surface area contributed by atoms with Crippen LogP contribution in [-0.4, -0.2) is 39.2 Å². The van der Waals surface area contributed by atoms with Crippen molar-refractivity contribution in [2.45, 2.75) is 12.1 Å². The normalized spacial score (nSPS) is 11.2. The average Bonchev–Trinajstić information content (AvgIpc) is 3.33. The van der Waals surface area contributed by atoms with Gasteiger partial charge >= 0.3 is 0 Å². The number of aromatic nitrogens is 3. The van der Waals surface area contributed by atoms with Gasteiger partial charge in [-0.25, -0.2) is 5.43 Å². The molecule has 0 radical (unpaired) electrons. The van der Waals surface area contributed by atoms with Crippen molar-refractivity contribution >= 4 is 30.0 Å². The summed E-state index contributed by atoms with van der Waals surface area (Å²) in [7, 11) is 0. The van der Waals surface area contributed by atoms with Crippen LogP contribution in [0.15, 0.2) is 101 Å². The number of rotatable bonds is 10. The molecule has 0 saturated heterocycles. The van der Waals surface area contributed by atoms with E-state index in [0.717, 1.165) is 22.6 Å². The van der Waals surface area contributed by atoms with Gasteiger partial charge in [0, 0.05) is 17.5 Å². The number of hydrogen-bond acceptors (Lipinski definition) is 6. The minimum atomic E-state index is -0.234. The van der Waals surface area contributed by atoms with Crippen LogP contribution >= 0.6 is 11.8 Å². The Kier molecular flexibility index (Phi) is 8.45. The van der Waals surface area contributed by atoms with Gasteiger partial charge in [-0.1, -0.05) is 78.5 Å². The number of thioether (sulfide) groups is 1. The van der Waals surface area contributed by atoms with E-state index in [9.17, 15) is 4.79 Å². The van der Waals surface area contributed by atoms with Crippen molar-refractivity contribution in [3.05, 3.63) is 96.6 Å². The van der Waals surface area contributed by atoms with Crippen molar-refractivity contribution in [2.75, 3.05) is 12.4 Å². The molecule has 0 saturated carbocycles. The molecule has 0 atom stereocenters. The lowest BCUT2D eigenvalue weighted by Gasteiger charge is -2.11. The largest absolute Gasteiger partial charge is 0.494 e. The second kappa shape index (κ2) is 12.3. The Morgan fingerprint density at radius 1 is 1.00 bits per heavy atom. The van der Waals surface area contributed by atoms with E-state index in [2.05, 4.69) is 20.7 Å². The molecule has 1 amide bonds. The first-order valence-electron chi connectivity index (χ1n) is 11.1. The second-order valence-electron chi connectivity index (χ2n) is 7.31. The number of carbonyl (C=O) groups excluding carboxylic acids is 1. The fraction of sp³-hybridized carbons (Fsp3) is 0.111. The van der Waals surface area contributed by atoms with Crippen LogP contribution in [0.2, 0.25) is 0 Å². The smallest absolute Gasteiger partial charge is 0.250 e. The minimum Gasteiger partial charge on any atom is -0.494 e. The third kappa shape index (κ3) is 6.68. The summed E-state index contributed by atoms with van der Waals surface area (Å²) in [6, 6.07) is 27.4. The second-order valence-corrected chi connectivity index (χ2v) is 8.25. The Morgan fingerprint density at radius 2 is 1.71 bits per heavy atom. The van der Waals surface area contributed by atoms with Gasteiger partial charge in [-0.15, -0.1) is 10.2 Å². The van der Waals surface area contributed by atoms with E-state index in [1.165, 1.54) is 11.8 Å². The van der Waals surface area contributed by atoms with Crippen LogP contribution in [0.1, 0.15) is 12.5 Å². The van der Waals surface area contributed by atoms with Gasteiger partial charge in [0.15, 0.2) is 11.0 Å². The van der Waals surface area contributed by atoms with Gasteiger partial charge in [0.05, 0.1) is 12.4 Å². The Morgan fingerprint density at radius 3 is 2.43 bits per heavy atom. The number of nitrogens with zero attached hydrogens (tertiary/aromatic N) is 4.